The normalized spacial score (nSPS) is 16.8. The predicted molar refractivity (Wildman–Crippen MR) is 167 cm³/mol. The molecule has 4 rings (SSSR count). The number of para-hydroxylation sites is 1. The standard InChI is InChI=1S/C29H43N5O7SSi/c1-20-14-15-25(41-20)28-30-31-29(34(28)27-23(39-3)11-9-12-24(27)40-4)33(16-17-43(5,6)7)42(37,38)21(2)18-32-22(19-35)10-8-13-26(32)36/h9,11-12,14-15,21-22,35H,8,10,13,16-19H2,1-7H3. The number of aliphatic hydroxyl groups is 1. The highest BCUT2D eigenvalue weighted by molar-refractivity contribution is 7.93. The maximum Gasteiger partial charge on any atom is 0.246 e. The van der Waals surface area contributed by atoms with Gasteiger partial charge in [-0.1, -0.05) is 25.7 Å². The molecule has 0 saturated carbocycles. The molecule has 43 heavy (non-hydrogen) atoms. The van der Waals surface area contributed by atoms with Crippen LogP contribution >= 0.6 is 0 Å². The van der Waals surface area contributed by atoms with E-state index in [1.54, 1.807) is 41.8 Å². The summed E-state index contributed by atoms with van der Waals surface area (Å²) < 4.78 is 49.3. The zero-order valence-electron chi connectivity index (χ0n) is 26.0. The van der Waals surface area contributed by atoms with E-state index in [0.717, 1.165) is 0 Å². The molecule has 1 aromatic carbocycles. The molecule has 1 aliphatic heterocycles. The molecule has 1 N–H and O–H groups in total. The molecule has 3 aromatic rings. The SMILES string of the molecule is COc1cccc(OC)c1-n1c(-c2ccc(C)o2)nnc1N(CC[Si](C)(C)C)S(=O)(=O)C(C)CN1C(=O)CCCC1CO. The number of hydrogen-bond donors (Lipinski definition) is 1. The van der Waals surface area contributed by atoms with Gasteiger partial charge in [-0.3, -0.25) is 9.36 Å². The molecule has 0 aliphatic carbocycles. The van der Waals surface area contributed by atoms with Crippen LogP contribution in [0.25, 0.3) is 17.3 Å². The minimum absolute atomic E-state index is 0.0494. The lowest BCUT2D eigenvalue weighted by Crippen LogP contribution is -2.52. The fraction of sp³-hybridized carbons (Fsp3) is 0.552. The summed E-state index contributed by atoms with van der Waals surface area (Å²) in [5.74, 6) is 2.07. The number of sulfonamides is 1. The Labute approximate surface area is 254 Å². The molecule has 0 radical (unpaired) electrons. The first-order valence-corrected chi connectivity index (χ1v) is 19.7. The molecule has 14 heteroatoms. The van der Waals surface area contributed by atoms with Crippen LogP contribution in [0.3, 0.4) is 0 Å². The number of piperidine rings is 1. The third kappa shape index (κ3) is 6.91. The average Bonchev–Trinajstić information content (AvgIpc) is 3.58. The molecule has 1 aliphatic rings. The van der Waals surface area contributed by atoms with Crippen molar-refractivity contribution in [2.45, 2.75) is 70.1 Å². The highest BCUT2D eigenvalue weighted by Gasteiger charge is 2.39. The zero-order valence-corrected chi connectivity index (χ0v) is 27.8. The van der Waals surface area contributed by atoms with Crippen molar-refractivity contribution < 1.29 is 32.2 Å². The van der Waals surface area contributed by atoms with E-state index in [9.17, 15) is 18.3 Å². The Kier molecular flexibility index (Phi) is 9.92. The lowest BCUT2D eigenvalue weighted by atomic mass is 10.0. The Morgan fingerprint density at radius 3 is 2.37 bits per heavy atom. The Bertz CT molecular complexity index is 1510. The van der Waals surface area contributed by atoms with E-state index in [1.165, 1.54) is 23.4 Å². The van der Waals surface area contributed by atoms with Crippen molar-refractivity contribution in [3.8, 4) is 28.8 Å². The largest absolute Gasteiger partial charge is 0.494 e. The molecule has 3 heterocycles. The first kappa shape index (κ1) is 32.5. The molecule has 1 amide bonds. The van der Waals surface area contributed by atoms with Gasteiger partial charge in [-0.2, -0.15) is 0 Å². The number of anilines is 1. The number of aryl methyl sites for hydroxylation is 1. The Morgan fingerprint density at radius 1 is 1.14 bits per heavy atom. The van der Waals surface area contributed by atoms with Crippen LogP contribution in [0.2, 0.25) is 25.7 Å². The molecule has 0 spiro atoms. The van der Waals surface area contributed by atoms with Gasteiger partial charge < -0.3 is 23.9 Å². The van der Waals surface area contributed by atoms with Gasteiger partial charge in [0.1, 0.15) is 22.9 Å². The van der Waals surface area contributed by atoms with Crippen LogP contribution in [0.15, 0.2) is 34.7 Å². The van der Waals surface area contributed by atoms with Crippen LogP contribution < -0.4 is 13.8 Å². The number of rotatable bonds is 13. The average molecular weight is 634 g/mol. The van der Waals surface area contributed by atoms with Gasteiger partial charge in [0.15, 0.2) is 5.76 Å². The van der Waals surface area contributed by atoms with E-state index in [2.05, 4.69) is 29.8 Å². The number of nitrogens with zero attached hydrogens (tertiary/aromatic N) is 5. The van der Waals surface area contributed by atoms with Gasteiger partial charge in [0.25, 0.3) is 0 Å². The van der Waals surface area contributed by atoms with E-state index in [4.69, 9.17) is 13.9 Å². The van der Waals surface area contributed by atoms with Crippen molar-refractivity contribution in [3.63, 3.8) is 0 Å². The van der Waals surface area contributed by atoms with E-state index < -0.39 is 29.4 Å². The smallest absolute Gasteiger partial charge is 0.246 e. The van der Waals surface area contributed by atoms with Crippen LogP contribution in [0, 0.1) is 6.92 Å². The summed E-state index contributed by atoms with van der Waals surface area (Å²) in [6.45, 7) is 9.81. The molecule has 1 fully saturated rings. The van der Waals surface area contributed by atoms with Crippen LogP contribution in [-0.2, 0) is 14.8 Å². The van der Waals surface area contributed by atoms with Gasteiger partial charge in [-0.05, 0) is 57.0 Å². The number of methoxy groups -OCH3 is 2. The zero-order chi connectivity index (χ0) is 31.5. The molecular weight excluding hydrogens is 591 g/mol. The molecule has 1 saturated heterocycles. The second kappa shape index (κ2) is 13.1. The van der Waals surface area contributed by atoms with E-state index in [-0.39, 0.29) is 37.4 Å². The molecule has 12 nitrogen and oxygen atoms in total. The number of aromatic nitrogens is 3. The van der Waals surface area contributed by atoms with Crippen molar-refractivity contribution >= 4 is 30.0 Å². The predicted octanol–water partition coefficient (Wildman–Crippen LogP) is 4.09. The van der Waals surface area contributed by atoms with Crippen molar-refractivity contribution in [1.29, 1.82) is 0 Å². The third-order valence-corrected chi connectivity index (χ3v) is 11.5. The third-order valence-electron chi connectivity index (χ3n) is 7.69. The Morgan fingerprint density at radius 2 is 1.81 bits per heavy atom. The van der Waals surface area contributed by atoms with Gasteiger partial charge in [-0.25, -0.2) is 12.7 Å². The van der Waals surface area contributed by atoms with Crippen molar-refractivity contribution in [2.75, 3.05) is 38.2 Å². The van der Waals surface area contributed by atoms with Crippen molar-refractivity contribution in [3.05, 3.63) is 36.1 Å². The minimum atomic E-state index is -4.12. The fourth-order valence-corrected chi connectivity index (χ4v) is 7.74. The summed E-state index contributed by atoms with van der Waals surface area (Å²) >= 11 is 0. The van der Waals surface area contributed by atoms with Crippen molar-refractivity contribution in [1.82, 2.24) is 19.7 Å². The second-order valence-electron chi connectivity index (χ2n) is 12.1. The quantitative estimate of drug-likeness (QED) is 0.276. The lowest BCUT2D eigenvalue weighted by molar-refractivity contribution is -0.137. The molecule has 0 bridgehead atoms. The molecule has 2 atom stereocenters. The maximum atomic E-state index is 14.5. The topological polar surface area (TPSA) is 140 Å². The summed E-state index contributed by atoms with van der Waals surface area (Å²) in [5.41, 5.74) is 0.420. The van der Waals surface area contributed by atoms with Crippen LogP contribution in [-0.4, -0.2) is 92.4 Å². The van der Waals surface area contributed by atoms with Gasteiger partial charge in [0.05, 0.1) is 32.1 Å². The fourth-order valence-electron chi connectivity index (χ4n) is 5.21. The van der Waals surface area contributed by atoms with E-state index in [0.29, 0.717) is 54.0 Å². The molecule has 236 valence electrons. The molecule has 2 aromatic heterocycles. The maximum absolute atomic E-state index is 14.5. The number of furan rings is 1. The number of aliphatic hydroxyl groups excluding tert-OH is 1. The van der Waals surface area contributed by atoms with Crippen molar-refractivity contribution in [2.24, 2.45) is 0 Å². The highest BCUT2D eigenvalue weighted by atomic mass is 32.2. The summed E-state index contributed by atoms with van der Waals surface area (Å²) in [7, 11) is -2.83. The van der Waals surface area contributed by atoms with Crippen LogP contribution in [0.5, 0.6) is 11.5 Å². The number of likely N-dealkylation sites (tertiary alicyclic amines) is 1. The number of benzene rings is 1. The number of amides is 1. The molecular formula is C29H43N5O7SSi. The number of carbonyl (C=O) groups is 1. The highest BCUT2D eigenvalue weighted by Crippen LogP contribution is 2.39. The Balaban J connectivity index is 1.91. The summed E-state index contributed by atoms with van der Waals surface area (Å²) in [5, 5.41) is 17.8. The minimum Gasteiger partial charge on any atom is -0.494 e. The van der Waals surface area contributed by atoms with Crippen LogP contribution in [0.1, 0.15) is 31.9 Å². The number of carbonyl (C=O) groups excluding carboxylic acids is 1. The van der Waals surface area contributed by atoms with Gasteiger partial charge in [-0.15, -0.1) is 10.2 Å². The monoisotopic (exact) mass is 633 g/mol. The first-order chi connectivity index (χ1) is 20.3. The first-order valence-electron chi connectivity index (χ1n) is 14.5. The second-order valence-corrected chi connectivity index (χ2v) is 20.0. The lowest BCUT2D eigenvalue weighted by Gasteiger charge is -2.37. The van der Waals surface area contributed by atoms with Gasteiger partial charge >= 0.3 is 0 Å². The van der Waals surface area contributed by atoms with E-state index >= 15 is 0 Å². The number of ether oxygens (including phenoxy) is 2. The van der Waals surface area contributed by atoms with Crippen LogP contribution in [0.4, 0.5) is 5.95 Å². The summed E-state index contributed by atoms with van der Waals surface area (Å²) in [6.07, 6.45) is 1.63. The Hall–Kier alpha value is -3.36. The number of hydrogen-bond acceptors (Lipinski definition) is 9. The van der Waals surface area contributed by atoms with Gasteiger partial charge in [0.2, 0.25) is 27.7 Å². The summed E-state index contributed by atoms with van der Waals surface area (Å²) in [6, 6.07) is 9.05. The van der Waals surface area contributed by atoms with Gasteiger partial charge in [0, 0.05) is 27.6 Å². The van der Waals surface area contributed by atoms with E-state index in [1.807, 2.05) is 6.92 Å². The summed E-state index contributed by atoms with van der Waals surface area (Å²) in [4.78, 5) is 14.3. The molecule has 2 unspecified atom stereocenters.